The largest absolute Gasteiger partial charge is 0.396 e. The van der Waals surface area contributed by atoms with Crippen molar-refractivity contribution in [1.82, 2.24) is 4.98 Å². The topological polar surface area (TPSA) is 94.1 Å². The Kier molecular flexibility index (Phi) is 3.38. The second-order valence-corrected chi connectivity index (χ2v) is 3.72. The summed E-state index contributed by atoms with van der Waals surface area (Å²) in [6, 6.07) is 9.85. The zero-order valence-electron chi connectivity index (χ0n) is 9.54. The number of anilines is 2. The normalized spacial score (nSPS) is 10.0. The van der Waals surface area contributed by atoms with Gasteiger partial charge in [-0.3, -0.25) is 10.1 Å². The maximum atomic E-state index is 10.5. The highest BCUT2D eigenvalue weighted by Gasteiger charge is 2.04. The fourth-order valence-electron chi connectivity index (χ4n) is 1.49. The van der Waals surface area contributed by atoms with Gasteiger partial charge in [0, 0.05) is 24.9 Å². The van der Waals surface area contributed by atoms with Crippen molar-refractivity contribution in [2.75, 3.05) is 11.1 Å². The van der Waals surface area contributed by atoms with Gasteiger partial charge in [-0.25, -0.2) is 4.98 Å². The van der Waals surface area contributed by atoms with Crippen molar-refractivity contribution >= 4 is 17.2 Å². The van der Waals surface area contributed by atoms with Gasteiger partial charge in [-0.15, -0.1) is 0 Å². The molecule has 0 bridgehead atoms. The fourth-order valence-corrected chi connectivity index (χ4v) is 1.49. The average Bonchev–Trinajstić information content (AvgIpc) is 2.38. The second-order valence-electron chi connectivity index (χ2n) is 3.72. The van der Waals surface area contributed by atoms with E-state index in [1.807, 2.05) is 0 Å². The molecule has 0 radical (unpaired) electrons. The number of aromatic nitrogens is 1. The minimum absolute atomic E-state index is 0.0797. The molecule has 0 aliphatic carbocycles. The van der Waals surface area contributed by atoms with Crippen LogP contribution in [-0.4, -0.2) is 9.91 Å². The molecule has 0 aliphatic rings. The fraction of sp³-hybridized carbons (Fsp3) is 0.0833. The Hall–Kier alpha value is -2.63. The Morgan fingerprint density at radius 3 is 2.61 bits per heavy atom. The first-order valence-electron chi connectivity index (χ1n) is 5.34. The SMILES string of the molecule is Nc1cccnc1NCc1ccc([N+](=O)[O-])cc1. The van der Waals surface area contributed by atoms with Gasteiger partial charge in [-0.1, -0.05) is 12.1 Å². The predicted octanol–water partition coefficient (Wildman–Crippen LogP) is 2.18. The van der Waals surface area contributed by atoms with Gasteiger partial charge in [0.1, 0.15) is 5.82 Å². The molecule has 0 fully saturated rings. The van der Waals surface area contributed by atoms with Crippen LogP contribution in [0.2, 0.25) is 0 Å². The Morgan fingerprint density at radius 2 is 2.00 bits per heavy atom. The number of nitrogens with two attached hydrogens (primary N) is 1. The van der Waals surface area contributed by atoms with Crippen molar-refractivity contribution in [3.8, 4) is 0 Å². The van der Waals surface area contributed by atoms with Crippen LogP contribution >= 0.6 is 0 Å². The van der Waals surface area contributed by atoms with Crippen molar-refractivity contribution in [1.29, 1.82) is 0 Å². The molecule has 0 unspecified atom stereocenters. The Balaban J connectivity index is 2.02. The summed E-state index contributed by atoms with van der Waals surface area (Å²) in [5.74, 6) is 0.607. The lowest BCUT2D eigenvalue weighted by molar-refractivity contribution is -0.384. The van der Waals surface area contributed by atoms with Crippen LogP contribution in [0.15, 0.2) is 42.6 Å². The summed E-state index contributed by atoms with van der Waals surface area (Å²) in [4.78, 5) is 14.2. The molecule has 3 N–H and O–H groups in total. The zero-order valence-corrected chi connectivity index (χ0v) is 9.54. The van der Waals surface area contributed by atoms with Crippen molar-refractivity contribution in [3.63, 3.8) is 0 Å². The van der Waals surface area contributed by atoms with Gasteiger partial charge >= 0.3 is 0 Å². The third-order valence-corrected chi connectivity index (χ3v) is 2.45. The average molecular weight is 244 g/mol. The monoisotopic (exact) mass is 244 g/mol. The molecule has 0 atom stereocenters. The van der Waals surface area contributed by atoms with E-state index in [9.17, 15) is 10.1 Å². The number of hydrogen-bond donors (Lipinski definition) is 2. The summed E-state index contributed by atoms with van der Waals surface area (Å²) >= 11 is 0. The van der Waals surface area contributed by atoms with Crippen LogP contribution in [0.25, 0.3) is 0 Å². The van der Waals surface area contributed by atoms with E-state index in [-0.39, 0.29) is 5.69 Å². The van der Waals surface area contributed by atoms with E-state index in [0.29, 0.717) is 18.1 Å². The van der Waals surface area contributed by atoms with Gasteiger partial charge in [-0.05, 0) is 17.7 Å². The van der Waals surface area contributed by atoms with Crippen molar-refractivity contribution in [3.05, 3.63) is 58.3 Å². The molecule has 0 aliphatic heterocycles. The number of nitrogens with zero attached hydrogens (tertiary/aromatic N) is 2. The van der Waals surface area contributed by atoms with Gasteiger partial charge in [0.15, 0.2) is 0 Å². The quantitative estimate of drug-likeness (QED) is 0.635. The highest BCUT2D eigenvalue weighted by molar-refractivity contribution is 5.60. The molecule has 0 saturated heterocycles. The maximum Gasteiger partial charge on any atom is 0.269 e. The lowest BCUT2D eigenvalue weighted by atomic mass is 10.2. The predicted molar refractivity (Wildman–Crippen MR) is 69.1 cm³/mol. The molecular weight excluding hydrogens is 232 g/mol. The van der Waals surface area contributed by atoms with Gasteiger partial charge in [0.25, 0.3) is 5.69 Å². The molecule has 92 valence electrons. The molecule has 0 saturated carbocycles. The van der Waals surface area contributed by atoms with Crippen LogP contribution in [0.5, 0.6) is 0 Å². The highest BCUT2D eigenvalue weighted by atomic mass is 16.6. The lowest BCUT2D eigenvalue weighted by Crippen LogP contribution is -2.04. The van der Waals surface area contributed by atoms with Crippen molar-refractivity contribution < 1.29 is 4.92 Å². The molecule has 1 aromatic heterocycles. The Bertz CT molecular complexity index is 554. The molecule has 18 heavy (non-hydrogen) atoms. The number of rotatable bonds is 4. The zero-order chi connectivity index (χ0) is 13.0. The molecule has 1 heterocycles. The summed E-state index contributed by atoms with van der Waals surface area (Å²) in [6.45, 7) is 0.513. The minimum atomic E-state index is -0.423. The second kappa shape index (κ2) is 5.13. The minimum Gasteiger partial charge on any atom is -0.396 e. The first-order chi connectivity index (χ1) is 8.66. The number of pyridine rings is 1. The van der Waals surface area contributed by atoms with Gasteiger partial charge < -0.3 is 11.1 Å². The number of nitro benzene ring substituents is 1. The van der Waals surface area contributed by atoms with E-state index in [2.05, 4.69) is 10.3 Å². The highest BCUT2D eigenvalue weighted by Crippen LogP contribution is 2.16. The van der Waals surface area contributed by atoms with Crippen molar-refractivity contribution in [2.24, 2.45) is 0 Å². The van der Waals surface area contributed by atoms with E-state index >= 15 is 0 Å². The number of nitro groups is 1. The maximum absolute atomic E-state index is 10.5. The standard InChI is InChI=1S/C12H12N4O2/c13-11-2-1-7-14-12(11)15-8-9-3-5-10(6-4-9)16(17)18/h1-7H,8,13H2,(H,14,15). The smallest absolute Gasteiger partial charge is 0.269 e. The van der Waals surface area contributed by atoms with Crippen LogP contribution in [0.3, 0.4) is 0 Å². The summed E-state index contributed by atoms with van der Waals surface area (Å²) in [5, 5.41) is 13.6. The molecule has 6 nitrogen and oxygen atoms in total. The summed E-state index contributed by atoms with van der Waals surface area (Å²) < 4.78 is 0. The van der Waals surface area contributed by atoms with E-state index in [4.69, 9.17) is 5.73 Å². The molecule has 2 rings (SSSR count). The number of nitrogens with one attached hydrogen (secondary N) is 1. The Morgan fingerprint density at radius 1 is 1.28 bits per heavy atom. The first-order valence-corrected chi connectivity index (χ1v) is 5.34. The molecule has 0 amide bonds. The third-order valence-electron chi connectivity index (χ3n) is 2.45. The van der Waals surface area contributed by atoms with Crippen LogP contribution in [0.1, 0.15) is 5.56 Å². The summed E-state index contributed by atoms with van der Waals surface area (Å²) in [5.41, 5.74) is 7.30. The molecule has 0 spiro atoms. The van der Waals surface area contributed by atoms with Gasteiger partial charge in [-0.2, -0.15) is 0 Å². The van der Waals surface area contributed by atoms with Crippen LogP contribution in [0, 0.1) is 10.1 Å². The number of nitrogen functional groups attached to an aromatic ring is 1. The van der Waals surface area contributed by atoms with Gasteiger partial charge in [0.05, 0.1) is 10.6 Å². The van der Waals surface area contributed by atoms with Crippen molar-refractivity contribution in [2.45, 2.75) is 6.54 Å². The third kappa shape index (κ3) is 2.73. The van der Waals surface area contributed by atoms with E-state index in [0.717, 1.165) is 5.56 Å². The Labute approximate surface area is 104 Å². The van der Waals surface area contributed by atoms with Crippen LogP contribution in [0.4, 0.5) is 17.2 Å². The molecule has 1 aromatic carbocycles. The molecular formula is C12H12N4O2. The van der Waals surface area contributed by atoms with E-state index in [1.54, 1.807) is 30.5 Å². The summed E-state index contributed by atoms with van der Waals surface area (Å²) in [7, 11) is 0. The number of hydrogen-bond acceptors (Lipinski definition) is 5. The molecule has 2 aromatic rings. The summed E-state index contributed by atoms with van der Waals surface area (Å²) in [6.07, 6.45) is 1.65. The number of benzene rings is 1. The molecule has 6 heteroatoms. The van der Waals surface area contributed by atoms with Crippen LogP contribution < -0.4 is 11.1 Å². The van der Waals surface area contributed by atoms with E-state index in [1.165, 1.54) is 12.1 Å². The first kappa shape index (κ1) is 11.8. The van der Waals surface area contributed by atoms with Crippen LogP contribution in [-0.2, 0) is 6.54 Å². The lowest BCUT2D eigenvalue weighted by Gasteiger charge is -2.07. The van der Waals surface area contributed by atoms with Gasteiger partial charge in [0.2, 0.25) is 0 Å². The number of non-ortho nitro benzene ring substituents is 1. The van der Waals surface area contributed by atoms with E-state index < -0.39 is 4.92 Å².